The van der Waals surface area contributed by atoms with Crippen molar-refractivity contribution in [1.82, 2.24) is 54.6 Å². The number of nitrogens with zero attached hydrogens (tertiary/aromatic N) is 9. The Balaban J connectivity index is 1.11. The minimum atomic E-state index is -1.16. The van der Waals surface area contributed by atoms with Crippen LogP contribution in [0.4, 0.5) is 4.39 Å². The number of amides is 1. The molecule has 4 heterocycles. The predicted molar refractivity (Wildman–Crippen MR) is 169 cm³/mol. The number of rotatable bonds is 14. The first kappa shape index (κ1) is 32.5. The molecule has 5 aromatic rings. The number of pyridine rings is 1. The highest BCUT2D eigenvalue weighted by Gasteiger charge is 2.27. The maximum absolute atomic E-state index is 15.2. The number of hydrogen-bond donors (Lipinski definition) is 2. The summed E-state index contributed by atoms with van der Waals surface area (Å²) in [6.07, 6.45) is 9.19. The molecule has 0 saturated heterocycles. The molecule has 47 heavy (non-hydrogen) atoms. The third-order valence-electron chi connectivity index (χ3n) is 7.56. The zero-order valence-electron chi connectivity index (χ0n) is 26.5. The van der Waals surface area contributed by atoms with Crippen molar-refractivity contribution < 1.29 is 23.2 Å². The number of carbonyl (C=O) groups is 1. The Labute approximate surface area is 273 Å². The molecule has 1 aliphatic carbocycles. The third kappa shape index (κ3) is 7.59. The second kappa shape index (κ2) is 13.7. The van der Waals surface area contributed by atoms with Crippen LogP contribution in [0.15, 0.2) is 43.1 Å². The van der Waals surface area contributed by atoms with E-state index in [1.807, 2.05) is 31.4 Å². The minimum absolute atomic E-state index is 0.0224. The van der Waals surface area contributed by atoms with E-state index in [1.54, 1.807) is 6.07 Å². The molecule has 248 valence electrons. The highest BCUT2D eigenvalue weighted by Crippen LogP contribution is 2.40. The zero-order chi connectivity index (χ0) is 33.1. The van der Waals surface area contributed by atoms with Crippen LogP contribution >= 0.6 is 0 Å². The number of ether oxygens (including phenoxy) is 2. The first-order chi connectivity index (χ1) is 22.6. The van der Waals surface area contributed by atoms with Gasteiger partial charge >= 0.3 is 0 Å². The smallest absolute Gasteiger partial charge is 0.273 e. The van der Waals surface area contributed by atoms with Gasteiger partial charge in [-0.2, -0.15) is 0 Å². The average Bonchev–Trinajstić information content (AvgIpc) is 3.38. The molecule has 0 aliphatic heterocycles. The summed E-state index contributed by atoms with van der Waals surface area (Å²) in [7, 11) is 1.36. The normalized spacial score (nSPS) is 14.1. The summed E-state index contributed by atoms with van der Waals surface area (Å²) in [6.45, 7) is 7.10. The lowest BCUT2D eigenvalue weighted by molar-refractivity contribution is 0.0945. The molecule has 1 amide bonds. The standard InChI is InChI=1S/C30H36FN11O4S/c1-30(2,3)47(44)34-9-10-46-17-21-11-20(19-5-6-19)13-40-14-22(35-28(21)40)15-41-16-24(36-38-41)29(43)32-12-23-25(42-18-33-37-39-42)7-8-26(45-4)27(23)31/h7-8,11,13-14,16,18-19,34H,5-6,9-10,12,15,17H2,1-4H3,(H,32,43). The van der Waals surface area contributed by atoms with Gasteiger partial charge in [0, 0.05) is 41.4 Å². The lowest BCUT2D eigenvalue weighted by Crippen LogP contribution is -2.40. The number of carbonyl (C=O) groups excluding carboxylic acids is 1. The summed E-state index contributed by atoms with van der Waals surface area (Å²) in [5.41, 5.74) is 4.25. The number of halogens is 1. The summed E-state index contributed by atoms with van der Waals surface area (Å²) in [4.78, 5) is 17.8. The van der Waals surface area contributed by atoms with Crippen molar-refractivity contribution in [1.29, 1.82) is 0 Å². The first-order valence-electron chi connectivity index (χ1n) is 15.1. The van der Waals surface area contributed by atoms with E-state index in [1.165, 1.54) is 40.6 Å². The van der Waals surface area contributed by atoms with Crippen LogP contribution in [-0.4, -0.2) is 80.1 Å². The van der Waals surface area contributed by atoms with Gasteiger partial charge in [0.25, 0.3) is 5.91 Å². The lowest BCUT2D eigenvalue weighted by atomic mass is 10.1. The molecule has 1 aromatic carbocycles. The van der Waals surface area contributed by atoms with Gasteiger partial charge in [0.2, 0.25) is 0 Å². The van der Waals surface area contributed by atoms with Gasteiger partial charge in [0.1, 0.15) is 16.7 Å². The molecule has 15 nitrogen and oxygen atoms in total. The number of methoxy groups -OCH3 is 1. The summed E-state index contributed by atoms with van der Waals surface area (Å²) in [6, 6.07) is 5.21. The van der Waals surface area contributed by atoms with E-state index < -0.39 is 23.1 Å². The topological polar surface area (TPSA) is 174 Å². The van der Waals surface area contributed by atoms with Gasteiger partial charge in [0.05, 0.1) is 51.0 Å². The quantitative estimate of drug-likeness (QED) is 0.132. The van der Waals surface area contributed by atoms with Crippen LogP contribution in [0.25, 0.3) is 11.3 Å². The van der Waals surface area contributed by atoms with E-state index in [-0.39, 0.29) is 34.8 Å². The highest BCUT2D eigenvalue weighted by atomic mass is 32.2. The summed E-state index contributed by atoms with van der Waals surface area (Å²) >= 11 is -1.16. The van der Waals surface area contributed by atoms with Crippen molar-refractivity contribution in [2.45, 2.75) is 64.0 Å². The van der Waals surface area contributed by atoms with E-state index in [4.69, 9.17) is 14.5 Å². The SMILES string of the molecule is COc1ccc(-n2cnnn2)c(CNC(=O)c2cn(Cc3cn4cc(C5CC5)cc(COCCN[S+]([O-])C(C)(C)C)c4n3)nn2)c1F. The largest absolute Gasteiger partial charge is 0.598 e. The second-order valence-electron chi connectivity index (χ2n) is 12.2. The van der Waals surface area contributed by atoms with Gasteiger partial charge in [-0.1, -0.05) is 5.21 Å². The Morgan fingerprint density at radius 2 is 2.02 bits per heavy atom. The highest BCUT2D eigenvalue weighted by molar-refractivity contribution is 7.90. The molecule has 1 saturated carbocycles. The van der Waals surface area contributed by atoms with Gasteiger partial charge in [0.15, 0.2) is 17.3 Å². The van der Waals surface area contributed by atoms with E-state index in [0.717, 1.165) is 29.7 Å². The van der Waals surface area contributed by atoms with Crippen molar-refractivity contribution in [3.63, 3.8) is 0 Å². The lowest BCUT2D eigenvalue weighted by Gasteiger charge is -2.23. The maximum atomic E-state index is 15.2. The van der Waals surface area contributed by atoms with Crippen LogP contribution in [0, 0.1) is 5.82 Å². The van der Waals surface area contributed by atoms with Crippen molar-refractivity contribution >= 4 is 22.9 Å². The minimum Gasteiger partial charge on any atom is -0.598 e. The van der Waals surface area contributed by atoms with Gasteiger partial charge in [-0.25, -0.2) is 18.7 Å². The molecule has 1 unspecified atom stereocenters. The third-order valence-corrected chi connectivity index (χ3v) is 9.14. The van der Waals surface area contributed by atoms with Gasteiger partial charge in [-0.3, -0.25) is 4.79 Å². The van der Waals surface area contributed by atoms with E-state index >= 15 is 4.39 Å². The zero-order valence-corrected chi connectivity index (χ0v) is 27.3. The number of tetrazole rings is 1. The molecule has 4 aromatic heterocycles. The number of hydrogen-bond acceptors (Lipinski definition) is 11. The Bertz CT molecular complexity index is 1850. The Morgan fingerprint density at radius 3 is 2.74 bits per heavy atom. The van der Waals surface area contributed by atoms with Crippen molar-refractivity contribution in [2.24, 2.45) is 0 Å². The van der Waals surface area contributed by atoms with Crippen molar-refractivity contribution in [2.75, 3.05) is 20.3 Å². The molecule has 1 fully saturated rings. The van der Waals surface area contributed by atoms with Gasteiger partial charge in [-0.05, 0) is 73.7 Å². The Hall–Kier alpha value is -4.45. The molecule has 0 radical (unpaired) electrons. The van der Waals surface area contributed by atoms with Crippen LogP contribution < -0.4 is 14.8 Å². The van der Waals surface area contributed by atoms with Crippen LogP contribution in [0.2, 0.25) is 0 Å². The first-order valence-corrected chi connectivity index (χ1v) is 16.3. The summed E-state index contributed by atoms with van der Waals surface area (Å²) in [5, 5.41) is 21.9. The summed E-state index contributed by atoms with van der Waals surface area (Å²) in [5.74, 6) is -0.620. The number of benzene rings is 1. The van der Waals surface area contributed by atoms with E-state index in [2.05, 4.69) is 48.1 Å². The monoisotopic (exact) mass is 665 g/mol. The number of imidazole rings is 1. The van der Waals surface area contributed by atoms with Gasteiger partial charge < -0.3 is 23.7 Å². The molecule has 2 N–H and O–H groups in total. The van der Waals surface area contributed by atoms with E-state index in [9.17, 15) is 9.35 Å². The molecule has 17 heteroatoms. The van der Waals surface area contributed by atoms with Crippen LogP contribution in [-0.2, 0) is 35.8 Å². The molecule has 0 bridgehead atoms. The molecule has 1 atom stereocenters. The second-order valence-corrected chi connectivity index (χ2v) is 14.2. The number of nitrogens with one attached hydrogen (secondary N) is 2. The van der Waals surface area contributed by atoms with Crippen LogP contribution in [0.3, 0.4) is 0 Å². The van der Waals surface area contributed by atoms with E-state index in [0.29, 0.717) is 31.4 Å². The Kier molecular flexibility index (Phi) is 9.49. The molecule has 1 aliphatic rings. The van der Waals surface area contributed by atoms with Crippen molar-refractivity contribution in [3.05, 3.63) is 77.0 Å². The average molecular weight is 666 g/mol. The summed E-state index contributed by atoms with van der Waals surface area (Å²) < 4.78 is 45.9. The maximum Gasteiger partial charge on any atom is 0.273 e. The van der Waals surface area contributed by atoms with Crippen LogP contribution in [0.1, 0.15) is 72.4 Å². The molecule has 0 spiro atoms. The predicted octanol–water partition coefficient (Wildman–Crippen LogP) is 2.47. The molecular weight excluding hydrogens is 629 g/mol. The number of aromatic nitrogens is 9. The fraction of sp³-hybridized carbons (Fsp3) is 0.433. The van der Waals surface area contributed by atoms with Crippen molar-refractivity contribution in [3.8, 4) is 11.4 Å². The Morgan fingerprint density at radius 1 is 1.19 bits per heavy atom. The molecular formula is C30H36FN11O4S. The fourth-order valence-corrected chi connectivity index (χ4v) is 5.68. The number of fused-ring (bicyclic) bond motifs is 1. The molecule has 6 rings (SSSR count). The van der Waals surface area contributed by atoms with Gasteiger partial charge in [-0.15, -0.1) is 14.9 Å². The fourth-order valence-electron chi connectivity index (χ4n) is 4.98. The van der Waals surface area contributed by atoms with Crippen LogP contribution in [0.5, 0.6) is 5.75 Å².